The van der Waals surface area contributed by atoms with E-state index in [-0.39, 0.29) is 5.84 Å². The Kier molecular flexibility index (Phi) is 5.40. The second-order valence-corrected chi connectivity index (χ2v) is 3.70. The zero-order valence-corrected chi connectivity index (χ0v) is 9.54. The molecule has 3 nitrogen and oxygen atoms in total. The van der Waals surface area contributed by atoms with Gasteiger partial charge in [-0.2, -0.15) is 0 Å². The molecule has 0 spiro atoms. The van der Waals surface area contributed by atoms with E-state index in [0.717, 1.165) is 43.6 Å². The van der Waals surface area contributed by atoms with Crippen molar-refractivity contribution in [3.05, 3.63) is 36.8 Å². The van der Waals surface area contributed by atoms with E-state index >= 15 is 0 Å². The summed E-state index contributed by atoms with van der Waals surface area (Å²) < 4.78 is 5.56. The quantitative estimate of drug-likeness (QED) is 0.421. The molecule has 1 aromatic rings. The van der Waals surface area contributed by atoms with Crippen LogP contribution in [0.4, 0.5) is 0 Å². The van der Waals surface area contributed by atoms with E-state index in [0.29, 0.717) is 0 Å². The van der Waals surface area contributed by atoms with Gasteiger partial charge in [-0.05, 0) is 30.7 Å². The van der Waals surface area contributed by atoms with Crippen LogP contribution in [-0.2, 0) is 0 Å². The molecule has 0 aliphatic rings. The van der Waals surface area contributed by atoms with Crippen molar-refractivity contribution in [2.24, 2.45) is 5.73 Å². The third kappa shape index (κ3) is 4.34. The first-order valence-corrected chi connectivity index (χ1v) is 5.60. The van der Waals surface area contributed by atoms with Gasteiger partial charge >= 0.3 is 0 Å². The van der Waals surface area contributed by atoms with E-state index in [4.69, 9.17) is 15.9 Å². The topological polar surface area (TPSA) is 59.1 Å². The Morgan fingerprint density at radius 3 is 2.44 bits per heavy atom. The molecule has 0 heterocycles. The highest BCUT2D eigenvalue weighted by molar-refractivity contribution is 5.94. The number of hydrogen-bond donors (Lipinski definition) is 2. The summed E-state index contributed by atoms with van der Waals surface area (Å²) in [6, 6.07) is 7.29. The molecule has 0 unspecified atom stereocenters. The molecule has 0 aliphatic carbocycles. The molecule has 0 saturated carbocycles. The lowest BCUT2D eigenvalue weighted by atomic mass is 10.2. The molecule has 87 valence electrons. The SMILES string of the molecule is [CH2]CCCCCOc1ccc(C(=N)N)cc1. The van der Waals surface area contributed by atoms with Crippen molar-refractivity contribution in [2.45, 2.75) is 25.7 Å². The van der Waals surface area contributed by atoms with Crippen LogP contribution in [0.15, 0.2) is 24.3 Å². The van der Waals surface area contributed by atoms with Gasteiger partial charge in [-0.1, -0.05) is 26.2 Å². The summed E-state index contributed by atoms with van der Waals surface area (Å²) in [5, 5.41) is 7.25. The van der Waals surface area contributed by atoms with Crippen molar-refractivity contribution < 1.29 is 4.74 Å². The Hall–Kier alpha value is -1.51. The van der Waals surface area contributed by atoms with Crippen LogP contribution in [0.5, 0.6) is 5.75 Å². The number of nitrogen functional groups attached to an aromatic ring is 1. The van der Waals surface area contributed by atoms with Gasteiger partial charge in [0.2, 0.25) is 0 Å². The maximum Gasteiger partial charge on any atom is 0.122 e. The lowest BCUT2D eigenvalue weighted by Crippen LogP contribution is -2.10. The third-order valence-corrected chi connectivity index (χ3v) is 2.33. The minimum atomic E-state index is 0.0852. The van der Waals surface area contributed by atoms with Crippen LogP contribution in [0.25, 0.3) is 0 Å². The fraction of sp³-hybridized carbons (Fsp3) is 0.385. The summed E-state index contributed by atoms with van der Waals surface area (Å²) in [5.41, 5.74) is 6.08. The van der Waals surface area contributed by atoms with Crippen LogP contribution in [-0.4, -0.2) is 12.4 Å². The van der Waals surface area contributed by atoms with Crippen LogP contribution in [0.3, 0.4) is 0 Å². The molecule has 0 aliphatic heterocycles. The molecular weight excluding hydrogens is 200 g/mol. The zero-order chi connectivity index (χ0) is 11.8. The maximum absolute atomic E-state index is 7.25. The van der Waals surface area contributed by atoms with Crippen molar-refractivity contribution >= 4 is 5.84 Å². The number of rotatable bonds is 7. The van der Waals surface area contributed by atoms with Gasteiger partial charge in [0.25, 0.3) is 0 Å². The second-order valence-electron chi connectivity index (χ2n) is 3.70. The van der Waals surface area contributed by atoms with E-state index in [1.165, 1.54) is 0 Å². The van der Waals surface area contributed by atoms with Gasteiger partial charge in [0, 0.05) is 5.56 Å². The monoisotopic (exact) mass is 219 g/mol. The molecule has 16 heavy (non-hydrogen) atoms. The minimum Gasteiger partial charge on any atom is -0.494 e. The summed E-state index contributed by atoms with van der Waals surface area (Å²) in [7, 11) is 0. The van der Waals surface area contributed by atoms with E-state index in [2.05, 4.69) is 6.92 Å². The smallest absolute Gasteiger partial charge is 0.122 e. The van der Waals surface area contributed by atoms with Gasteiger partial charge in [0.05, 0.1) is 6.61 Å². The number of amidine groups is 1. The van der Waals surface area contributed by atoms with Crippen LogP contribution >= 0.6 is 0 Å². The van der Waals surface area contributed by atoms with Gasteiger partial charge in [-0.3, -0.25) is 5.41 Å². The van der Waals surface area contributed by atoms with Crippen molar-refractivity contribution in [3.63, 3.8) is 0 Å². The fourth-order valence-electron chi connectivity index (χ4n) is 1.38. The number of ether oxygens (including phenoxy) is 1. The highest BCUT2D eigenvalue weighted by Gasteiger charge is 1.97. The van der Waals surface area contributed by atoms with Gasteiger partial charge in [-0.25, -0.2) is 0 Å². The Balaban J connectivity index is 2.29. The van der Waals surface area contributed by atoms with Crippen LogP contribution in [0.2, 0.25) is 0 Å². The first-order valence-electron chi connectivity index (χ1n) is 5.60. The number of nitrogens with one attached hydrogen (secondary N) is 1. The van der Waals surface area contributed by atoms with E-state index < -0.39 is 0 Å². The Morgan fingerprint density at radius 2 is 1.88 bits per heavy atom. The third-order valence-electron chi connectivity index (χ3n) is 2.33. The highest BCUT2D eigenvalue weighted by atomic mass is 16.5. The number of unbranched alkanes of at least 4 members (excludes halogenated alkanes) is 3. The lowest BCUT2D eigenvalue weighted by Gasteiger charge is -2.06. The molecule has 1 rings (SSSR count). The molecule has 0 saturated heterocycles. The van der Waals surface area contributed by atoms with Crippen LogP contribution in [0.1, 0.15) is 31.2 Å². The van der Waals surface area contributed by atoms with Gasteiger partial charge in [0.15, 0.2) is 0 Å². The van der Waals surface area contributed by atoms with E-state index in [1.54, 1.807) is 12.1 Å². The molecule has 1 aromatic carbocycles. The van der Waals surface area contributed by atoms with Crippen LogP contribution in [0, 0.1) is 12.3 Å². The predicted octanol–water partition coefficient (Wildman–Crippen LogP) is 2.74. The zero-order valence-electron chi connectivity index (χ0n) is 9.54. The molecule has 3 N–H and O–H groups in total. The lowest BCUT2D eigenvalue weighted by molar-refractivity contribution is 0.305. The van der Waals surface area contributed by atoms with E-state index in [1.807, 2.05) is 12.1 Å². The average Bonchev–Trinajstić information content (AvgIpc) is 2.29. The molecule has 0 atom stereocenters. The first-order chi connectivity index (χ1) is 7.74. The summed E-state index contributed by atoms with van der Waals surface area (Å²) in [5.74, 6) is 0.918. The van der Waals surface area contributed by atoms with Gasteiger partial charge < -0.3 is 10.5 Å². The molecule has 0 bridgehead atoms. The summed E-state index contributed by atoms with van der Waals surface area (Å²) in [6.45, 7) is 4.53. The molecule has 0 amide bonds. The Morgan fingerprint density at radius 1 is 1.19 bits per heavy atom. The normalized spacial score (nSPS) is 10.1. The molecule has 3 heteroatoms. The fourth-order valence-corrected chi connectivity index (χ4v) is 1.38. The second kappa shape index (κ2) is 6.88. The largest absolute Gasteiger partial charge is 0.494 e. The van der Waals surface area contributed by atoms with Crippen molar-refractivity contribution in [2.75, 3.05) is 6.61 Å². The van der Waals surface area contributed by atoms with Gasteiger partial charge in [0.1, 0.15) is 11.6 Å². The highest BCUT2D eigenvalue weighted by Crippen LogP contribution is 2.12. The molecule has 0 fully saturated rings. The standard InChI is InChI=1S/C13H19N2O/c1-2-3-4-5-10-16-12-8-6-11(7-9-12)13(14)15/h6-9H,1-5,10H2,(H3,14,15). The van der Waals surface area contributed by atoms with Crippen molar-refractivity contribution in [1.29, 1.82) is 5.41 Å². The molecular formula is C13H19N2O. The summed E-state index contributed by atoms with van der Waals surface area (Å²) in [4.78, 5) is 0. The number of hydrogen-bond acceptors (Lipinski definition) is 2. The van der Waals surface area contributed by atoms with Gasteiger partial charge in [-0.15, -0.1) is 0 Å². The average molecular weight is 219 g/mol. The number of benzene rings is 1. The van der Waals surface area contributed by atoms with Crippen LogP contribution < -0.4 is 10.5 Å². The van der Waals surface area contributed by atoms with Crippen molar-refractivity contribution in [1.82, 2.24) is 0 Å². The summed E-state index contributed by atoms with van der Waals surface area (Å²) >= 11 is 0. The Bertz CT molecular complexity index is 319. The number of nitrogens with two attached hydrogens (primary N) is 1. The molecule has 0 aromatic heterocycles. The maximum atomic E-state index is 7.25. The summed E-state index contributed by atoms with van der Waals surface area (Å²) in [6.07, 6.45) is 4.37. The van der Waals surface area contributed by atoms with Crippen molar-refractivity contribution in [3.8, 4) is 5.75 Å². The Labute approximate surface area is 97.1 Å². The predicted molar refractivity (Wildman–Crippen MR) is 66.8 cm³/mol. The first kappa shape index (κ1) is 12.6. The van der Waals surface area contributed by atoms with E-state index in [9.17, 15) is 0 Å². The molecule has 1 radical (unpaired) electrons. The minimum absolute atomic E-state index is 0.0852.